The van der Waals surface area contributed by atoms with Crippen LogP contribution in [0.1, 0.15) is 19.4 Å². The van der Waals surface area contributed by atoms with Crippen molar-refractivity contribution in [3.05, 3.63) is 55.3 Å². The van der Waals surface area contributed by atoms with Gasteiger partial charge in [0.25, 0.3) is 5.91 Å². The number of nitrogens with zero attached hydrogens (tertiary/aromatic N) is 1. The minimum absolute atomic E-state index is 0.245. The molecule has 1 aliphatic heterocycles. The highest BCUT2D eigenvalue weighted by Gasteiger charge is 2.25. The maximum absolute atomic E-state index is 12.5. The minimum atomic E-state index is -0.479. The molecular weight excluding hydrogens is 555 g/mol. The summed E-state index contributed by atoms with van der Waals surface area (Å²) in [5.74, 6) is 0.0254. The van der Waals surface area contributed by atoms with E-state index in [4.69, 9.17) is 37.4 Å². The lowest BCUT2D eigenvalue weighted by atomic mass is 10.2. The Morgan fingerprint density at radius 1 is 1.18 bits per heavy atom. The number of halogens is 3. The van der Waals surface area contributed by atoms with Gasteiger partial charge in [-0.05, 0) is 61.5 Å². The average Bonchev–Trinajstić information content (AvgIpc) is 3.11. The lowest BCUT2D eigenvalue weighted by molar-refractivity contribution is -0.145. The first-order valence-electron chi connectivity index (χ1n) is 9.80. The molecule has 2 aromatic carbocycles. The van der Waals surface area contributed by atoms with Crippen molar-refractivity contribution in [2.24, 2.45) is 4.99 Å². The molecule has 0 bridgehead atoms. The minimum Gasteiger partial charge on any atom is -0.490 e. The molecule has 11 heteroatoms. The molecule has 3 rings (SSSR count). The number of benzene rings is 2. The number of hydrogen-bond acceptors (Lipinski definition) is 7. The van der Waals surface area contributed by atoms with E-state index in [1.807, 2.05) is 6.92 Å². The predicted molar refractivity (Wildman–Crippen MR) is 135 cm³/mol. The summed E-state index contributed by atoms with van der Waals surface area (Å²) in [4.78, 5) is 28.9. The van der Waals surface area contributed by atoms with Crippen LogP contribution in [0, 0.1) is 0 Å². The van der Waals surface area contributed by atoms with Crippen LogP contribution >= 0.6 is 50.9 Å². The van der Waals surface area contributed by atoms with Gasteiger partial charge in [-0.25, -0.2) is 9.79 Å². The second-order valence-corrected chi connectivity index (χ2v) is 9.07. The molecule has 1 amide bonds. The maximum atomic E-state index is 12.5. The fraction of sp³-hybridized carbons (Fsp3) is 0.227. The molecule has 2 aromatic rings. The number of nitrogens with one attached hydrogen (secondary N) is 1. The molecule has 33 heavy (non-hydrogen) atoms. The summed E-state index contributed by atoms with van der Waals surface area (Å²) in [6, 6.07) is 8.49. The first-order valence-corrected chi connectivity index (χ1v) is 12.2. The van der Waals surface area contributed by atoms with Gasteiger partial charge >= 0.3 is 5.97 Å². The molecular formula is C22H19BrCl2N2O5S. The van der Waals surface area contributed by atoms with Crippen molar-refractivity contribution in [3.63, 3.8) is 0 Å². The van der Waals surface area contributed by atoms with Crippen LogP contribution < -0.4 is 14.8 Å². The zero-order valence-electron chi connectivity index (χ0n) is 17.6. The molecule has 1 N–H and O–H groups in total. The van der Waals surface area contributed by atoms with Gasteiger partial charge in [-0.3, -0.25) is 4.79 Å². The summed E-state index contributed by atoms with van der Waals surface area (Å²) in [6.45, 7) is 3.97. The number of amidine groups is 1. The zero-order valence-corrected chi connectivity index (χ0v) is 21.5. The second kappa shape index (κ2) is 11.8. The standard InChI is InChI=1S/C22H19BrCl2N2O5S/c1-3-30-16-8-12(13(23)10-17(16)32-11-19(28)31-4-2)9-18-21(29)27-22(33-18)26-15-7-5-6-14(24)20(15)25/h5-10H,3-4,11H2,1-2H3,(H,26,27,29)/b18-9+. The molecule has 0 saturated carbocycles. The first kappa shape index (κ1) is 25.4. The summed E-state index contributed by atoms with van der Waals surface area (Å²) < 4.78 is 16.7. The SMILES string of the molecule is CCOC(=O)COc1cc(Br)c(/C=C2/SC(=Nc3cccc(Cl)c3Cl)NC2=O)cc1OCC. The Hall–Kier alpha value is -2.20. The molecule has 0 spiro atoms. The molecule has 1 saturated heterocycles. The molecule has 0 radical (unpaired) electrons. The smallest absolute Gasteiger partial charge is 0.344 e. The van der Waals surface area contributed by atoms with E-state index in [0.29, 0.717) is 53.9 Å². The highest BCUT2D eigenvalue weighted by Crippen LogP contribution is 2.38. The third kappa shape index (κ3) is 6.66. The molecule has 174 valence electrons. The number of carbonyl (C=O) groups excluding carboxylic acids is 2. The van der Waals surface area contributed by atoms with E-state index in [1.54, 1.807) is 43.3 Å². The van der Waals surface area contributed by atoms with Crippen LogP contribution in [0.2, 0.25) is 10.0 Å². The van der Waals surface area contributed by atoms with Crippen LogP contribution in [0.5, 0.6) is 11.5 Å². The number of rotatable bonds is 8. The lowest BCUT2D eigenvalue weighted by Crippen LogP contribution is -2.19. The molecule has 0 unspecified atom stereocenters. The number of amides is 1. The summed E-state index contributed by atoms with van der Waals surface area (Å²) in [7, 11) is 0. The third-order valence-corrected chi connectivity index (χ3v) is 6.51. The van der Waals surface area contributed by atoms with Crippen LogP contribution in [0.4, 0.5) is 5.69 Å². The summed E-state index contributed by atoms with van der Waals surface area (Å²) in [5, 5.41) is 3.78. The summed E-state index contributed by atoms with van der Waals surface area (Å²) >= 11 is 16.9. The van der Waals surface area contributed by atoms with Crippen LogP contribution in [0.3, 0.4) is 0 Å². The van der Waals surface area contributed by atoms with Crippen molar-refractivity contribution in [2.75, 3.05) is 19.8 Å². The Morgan fingerprint density at radius 3 is 2.67 bits per heavy atom. The predicted octanol–water partition coefficient (Wildman–Crippen LogP) is 5.99. The van der Waals surface area contributed by atoms with Gasteiger partial charge in [-0.15, -0.1) is 0 Å². The van der Waals surface area contributed by atoms with E-state index in [0.717, 1.165) is 0 Å². The number of thioether (sulfide) groups is 1. The Balaban J connectivity index is 1.85. The average molecular weight is 574 g/mol. The van der Waals surface area contributed by atoms with Crippen molar-refractivity contribution < 1.29 is 23.8 Å². The van der Waals surface area contributed by atoms with E-state index in [1.165, 1.54) is 11.8 Å². The van der Waals surface area contributed by atoms with Gasteiger partial charge in [0, 0.05) is 4.47 Å². The molecule has 0 aromatic heterocycles. The zero-order chi connectivity index (χ0) is 24.0. The fourth-order valence-corrected chi connectivity index (χ4v) is 4.29. The second-order valence-electron chi connectivity index (χ2n) is 6.40. The molecule has 1 fully saturated rings. The van der Waals surface area contributed by atoms with Crippen LogP contribution in [-0.4, -0.2) is 36.9 Å². The lowest BCUT2D eigenvalue weighted by Gasteiger charge is -2.13. The van der Waals surface area contributed by atoms with Gasteiger partial charge in [0.05, 0.1) is 33.9 Å². The van der Waals surface area contributed by atoms with Crippen molar-refractivity contribution in [3.8, 4) is 11.5 Å². The van der Waals surface area contributed by atoms with E-state index in [9.17, 15) is 9.59 Å². The number of ether oxygens (including phenoxy) is 3. The van der Waals surface area contributed by atoms with Crippen LogP contribution in [-0.2, 0) is 14.3 Å². The molecule has 1 aliphatic rings. The first-order chi connectivity index (χ1) is 15.8. The Labute approximate surface area is 213 Å². The van der Waals surface area contributed by atoms with Gasteiger partial charge < -0.3 is 19.5 Å². The topological polar surface area (TPSA) is 86.2 Å². The van der Waals surface area contributed by atoms with E-state index >= 15 is 0 Å². The number of carbonyl (C=O) groups is 2. The molecule has 1 heterocycles. The van der Waals surface area contributed by atoms with Gasteiger partial charge in [-0.1, -0.05) is 45.2 Å². The summed E-state index contributed by atoms with van der Waals surface area (Å²) in [6.07, 6.45) is 1.70. The Kier molecular flexibility index (Phi) is 9.08. The van der Waals surface area contributed by atoms with Gasteiger partial charge in [0.2, 0.25) is 0 Å². The van der Waals surface area contributed by atoms with Gasteiger partial charge in [-0.2, -0.15) is 0 Å². The molecule has 0 aliphatic carbocycles. The van der Waals surface area contributed by atoms with Gasteiger partial charge in [0.1, 0.15) is 0 Å². The van der Waals surface area contributed by atoms with Gasteiger partial charge in [0.15, 0.2) is 23.3 Å². The fourth-order valence-electron chi connectivity index (χ4n) is 2.69. The van der Waals surface area contributed by atoms with Crippen molar-refractivity contribution >= 4 is 79.7 Å². The number of esters is 1. The Morgan fingerprint density at radius 2 is 1.94 bits per heavy atom. The van der Waals surface area contributed by atoms with Crippen molar-refractivity contribution in [1.82, 2.24) is 5.32 Å². The van der Waals surface area contributed by atoms with Crippen LogP contribution in [0.15, 0.2) is 44.7 Å². The van der Waals surface area contributed by atoms with E-state index in [2.05, 4.69) is 26.2 Å². The largest absolute Gasteiger partial charge is 0.490 e. The van der Waals surface area contributed by atoms with Crippen LogP contribution in [0.25, 0.3) is 6.08 Å². The molecule has 0 atom stereocenters. The maximum Gasteiger partial charge on any atom is 0.344 e. The normalized spacial score (nSPS) is 15.6. The highest BCUT2D eigenvalue weighted by molar-refractivity contribution is 9.10. The molecule has 7 nitrogen and oxygen atoms in total. The summed E-state index contributed by atoms with van der Waals surface area (Å²) in [5.41, 5.74) is 1.14. The highest BCUT2D eigenvalue weighted by atomic mass is 79.9. The number of hydrogen-bond donors (Lipinski definition) is 1. The van der Waals surface area contributed by atoms with Crippen molar-refractivity contribution in [1.29, 1.82) is 0 Å². The van der Waals surface area contributed by atoms with Crippen molar-refractivity contribution in [2.45, 2.75) is 13.8 Å². The monoisotopic (exact) mass is 572 g/mol. The quantitative estimate of drug-likeness (QED) is 0.308. The van der Waals surface area contributed by atoms with E-state index < -0.39 is 5.97 Å². The Bertz CT molecular complexity index is 1140. The number of aliphatic imine (C=N–C) groups is 1. The van der Waals surface area contributed by atoms with E-state index in [-0.39, 0.29) is 19.1 Å². The third-order valence-electron chi connectivity index (χ3n) is 4.10.